The van der Waals surface area contributed by atoms with Gasteiger partial charge in [0.05, 0.1) is 5.75 Å². The fourth-order valence-corrected chi connectivity index (χ4v) is 4.14. The highest BCUT2D eigenvalue weighted by atomic mass is 32.2. The summed E-state index contributed by atoms with van der Waals surface area (Å²) in [4.78, 5) is 13.4. The molecule has 1 fully saturated rings. The molecule has 0 radical (unpaired) electrons. The van der Waals surface area contributed by atoms with Gasteiger partial charge in [-0.25, -0.2) is 0 Å². The number of carbonyl (C=O) groups is 1. The zero-order valence-electron chi connectivity index (χ0n) is 13.3. The zero-order valence-corrected chi connectivity index (χ0v) is 14.1. The second-order valence-electron chi connectivity index (χ2n) is 6.23. The van der Waals surface area contributed by atoms with Crippen LogP contribution in [0.2, 0.25) is 0 Å². The first kappa shape index (κ1) is 16.1. The van der Waals surface area contributed by atoms with E-state index in [0.717, 1.165) is 11.4 Å². The normalized spacial score (nSPS) is 16.2. The Bertz CT molecular complexity index is 621. The Morgan fingerprint density at radius 2 is 1.57 bits per heavy atom. The average molecular weight is 325 g/mol. The molecule has 0 bridgehead atoms. The van der Waals surface area contributed by atoms with Gasteiger partial charge >= 0.3 is 0 Å². The number of rotatable bonds is 6. The third kappa shape index (κ3) is 4.17. The van der Waals surface area contributed by atoms with Crippen LogP contribution in [0.3, 0.4) is 0 Å². The smallest absolute Gasteiger partial charge is 0.230 e. The number of thioether (sulfide) groups is 1. The molecule has 3 heteroatoms. The summed E-state index contributed by atoms with van der Waals surface area (Å²) in [6.07, 6.45) is 4.85. The van der Waals surface area contributed by atoms with Gasteiger partial charge in [0.25, 0.3) is 0 Å². The minimum absolute atomic E-state index is 0.126. The van der Waals surface area contributed by atoms with Crippen molar-refractivity contribution in [3.05, 3.63) is 66.2 Å². The topological polar surface area (TPSA) is 29.1 Å². The molecule has 1 aliphatic rings. The van der Waals surface area contributed by atoms with E-state index in [1.54, 1.807) is 11.8 Å². The molecule has 0 aromatic heterocycles. The molecular formula is C20H23NOS. The first-order valence-corrected chi connectivity index (χ1v) is 9.27. The standard InChI is InChI=1S/C20H23NOS/c22-19(15-23-18-11-5-2-6-12-18)21-16-20(13-7-8-14-20)17-9-3-1-4-10-17/h1-6,9-12H,7-8,13-16H2,(H,21,22). The predicted molar refractivity (Wildman–Crippen MR) is 96.8 cm³/mol. The lowest BCUT2D eigenvalue weighted by molar-refractivity contribution is -0.118. The van der Waals surface area contributed by atoms with Crippen LogP contribution in [0.25, 0.3) is 0 Å². The summed E-state index contributed by atoms with van der Waals surface area (Å²) in [5, 5.41) is 3.17. The van der Waals surface area contributed by atoms with Crippen molar-refractivity contribution in [1.82, 2.24) is 5.32 Å². The Morgan fingerprint density at radius 3 is 2.22 bits per heavy atom. The van der Waals surface area contributed by atoms with Crippen LogP contribution in [0.15, 0.2) is 65.6 Å². The first-order valence-electron chi connectivity index (χ1n) is 8.29. The van der Waals surface area contributed by atoms with Crippen LogP contribution >= 0.6 is 11.8 Å². The van der Waals surface area contributed by atoms with E-state index in [-0.39, 0.29) is 11.3 Å². The van der Waals surface area contributed by atoms with Crippen LogP contribution in [-0.2, 0) is 10.2 Å². The van der Waals surface area contributed by atoms with E-state index >= 15 is 0 Å². The van der Waals surface area contributed by atoms with Crippen LogP contribution in [0.4, 0.5) is 0 Å². The van der Waals surface area contributed by atoms with E-state index in [9.17, 15) is 4.79 Å². The lowest BCUT2D eigenvalue weighted by Gasteiger charge is -2.30. The van der Waals surface area contributed by atoms with Crippen molar-refractivity contribution in [3.63, 3.8) is 0 Å². The highest BCUT2D eigenvalue weighted by molar-refractivity contribution is 8.00. The highest BCUT2D eigenvalue weighted by Gasteiger charge is 2.35. The zero-order chi connectivity index (χ0) is 16.0. The van der Waals surface area contributed by atoms with Crippen LogP contribution in [0.1, 0.15) is 31.2 Å². The van der Waals surface area contributed by atoms with Crippen molar-refractivity contribution < 1.29 is 4.79 Å². The van der Waals surface area contributed by atoms with Crippen molar-refractivity contribution in [2.75, 3.05) is 12.3 Å². The molecule has 2 nitrogen and oxygen atoms in total. The van der Waals surface area contributed by atoms with Gasteiger partial charge in [-0.05, 0) is 30.5 Å². The van der Waals surface area contributed by atoms with Crippen LogP contribution in [-0.4, -0.2) is 18.2 Å². The van der Waals surface area contributed by atoms with Gasteiger partial charge in [0.1, 0.15) is 0 Å². The van der Waals surface area contributed by atoms with Crippen molar-refractivity contribution >= 4 is 17.7 Å². The van der Waals surface area contributed by atoms with Crippen molar-refractivity contribution in [3.8, 4) is 0 Å². The fraction of sp³-hybridized carbons (Fsp3) is 0.350. The Labute approximate surface area is 142 Å². The predicted octanol–water partition coefficient (Wildman–Crippen LogP) is 4.41. The summed E-state index contributed by atoms with van der Waals surface area (Å²) >= 11 is 1.59. The van der Waals surface area contributed by atoms with Crippen LogP contribution in [0.5, 0.6) is 0 Å². The largest absolute Gasteiger partial charge is 0.354 e. The number of benzene rings is 2. The summed E-state index contributed by atoms with van der Waals surface area (Å²) < 4.78 is 0. The van der Waals surface area contributed by atoms with E-state index in [0.29, 0.717) is 5.75 Å². The maximum absolute atomic E-state index is 12.2. The summed E-state index contributed by atoms with van der Waals surface area (Å²) in [5.41, 5.74) is 1.50. The lowest BCUT2D eigenvalue weighted by Crippen LogP contribution is -2.39. The van der Waals surface area contributed by atoms with Gasteiger partial charge in [0.15, 0.2) is 0 Å². The van der Waals surface area contributed by atoms with Gasteiger partial charge < -0.3 is 5.32 Å². The molecule has 1 saturated carbocycles. The average Bonchev–Trinajstić information content (AvgIpc) is 3.10. The molecule has 3 rings (SSSR count). The van der Waals surface area contributed by atoms with Gasteiger partial charge in [-0.1, -0.05) is 61.4 Å². The Kier molecular flexibility index (Phi) is 5.39. The maximum atomic E-state index is 12.2. The Hall–Kier alpha value is -1.74. The molecule has 0 spiro atoms. The highest BCUT2D eigenvalue weighted by Crippen LogP contribution is 2.40. The van der Waals surface area contributed by atoms with Crippen LogP contribution < -0.4 is 5.32 Å². The molecule has 0 atom stereocenters. The quantitative estimate of drug-likeness (QED) is 0.797. The number of carbonyl (C=O) groups excluding carboxylic acids is 1. The third-order valence-corrected chi connectivity index (χ3v) is 5.70. The molecule has 0 saturated heterocycles. The molecule has 23 heavy (non-hydrogen) atoms. The van der Waals surface area contributed by atoms with Gasteiger partial charge in [0.2, 0.25) is 5.91 Å². The van der Waals surface area contributed by atoms with Gasteiger partial charge in [-0.2, -0.15) is 0 Å². The number of hydrogen-bond donors (Lipinski definition) is 1. The van der Waals surface area contributed by atoms with Crippen molar-refractivity contribution in [1.29, 1.82) is 0 Å². The van der Waals surface area contributed by atoms with Crippen molar-refractivity contribution in [2.24, 2.45) is 0 Å². The molecule has 2 aromatic rings. The Balaban J connectivity index is 1.56. The van der Waals surface area contributed by atoms with E-state index in [1.807, 2.05) is 30.3 Å². The first-order chi connectivity index (χ1) is 11.3. The molecule has 0 heterocycles. The SMILES string of the molecule is O=C(CSc1ccccc1)NCC1(c2ccccc2)CCCC1. The van der Waals surface area contributed by atoms with Crippen LogP contribution in [0, 0.1) is 0 Å². The van der Waals surface area contributed by atoms with E-state index in [4.69, 9.17) is 0 Å². The summed E-state index contributed by atoms with van der Waals surface area (Å²) in [5.74, 6) is 0.607. The fourth-order valence-electron chi connectivity index (χ4n) is 3.40. The molecule has 1 aliphatic carbocycles. The second kappa shape index (κ2) is 7.69. The third-order valence-electron chi connectivity index (χ3n) is 4.68. The van der Waals surface area contributed by atoms with E-state index < -0.39 is 0 Å². The Morgan fingerprint density at radius 1 is 0.957 bits per heavy atom. The molecule has 120 valence electrons. The molecular weight excluding hydrogens is 302 g/mol. The second-order valence-corrected chi connectivity index (χ2v) is 7.28. The minimum atomic E-state index is 0.126. The summed E-state index contributed by atoms with van der Waals surface area (Å²) in [7, 11) is 0. The van der Waals surface area contributed by atoms with Gasteiger partial charge in [-0.15, -0.1) is 11.8 Å². The van der Waals surface area contributed by atoms with E-state index in [1.165, 1.54) is 31.2 Å². The molecule has 1 amide bonds. The van der Waals surface area contributed by atoms with Gasteiger partial charge in [-0.3, -0.25) is 4.79 Å². The van der Waals surface area contributed by atoms with E-state index in [2.05, 4.69) is 35.6 Å². The van der Waals surface area contributed by atoms with Crippen molar-refractivity contribution in [2.45, 2.75) is 36.0 Å². The maximum Gasteiger partial charge on any atom is 0.230 e. The lowest BCUT2D eigenvalue weighted by atomic mass is 9.79. The monoisotopic (exact) mass is 325 g/mol. The molecule has 0 unspecified atom stereocenters. The molecule has 2 aromatic carbocycles. The molecule has 1 N–H and O–H groups in total. The molecule has 0 aliphatic heterocycles. The summed E-state index contributed by atoms with van der Waals surface area (Å²) in [6.45, 7) is 0.755. The minimum Gasteiger partial charge on any atom is -0.354 e. The van der Waals surface area contributed by atoms with Gasteiger partial charge in [0, 0.05) is 16.9 Å². The number of hydrogen-bond acceptors (Lipinski definition) is 2. The number of amides is 1. The number of nitrogens with one attached hydrogen (secondary N) is 1. The summed E-state index contributed by atoms with van der Waals surface area (Å²) in [6, 6.07) is 20.7.